The highest BCUT2D eigenvalue weighted by molar-refractivity contribution is 6.23. The Labute approximate surface area is 398 Å². The fraction of sp³-hybridized carbons (Fsp3) is 0. The van der Waals surface area contributed by atoms with Crippen molar-refractivity contribution in [3.8, 4) is 61.5 Å². The van der Waals surface area contributed by atoms with Crippen LogP contribution in [0.3, 0.4) is 0 Å². The summed E-state index contributed by atoms with van der Waals surface area (Å²) in [6, 6.07) is 88.1. The van der Waals surface area contributed by atoms with Crippen molar-refractivity contribution in [2.24, 2.45) is 0 Å². The van der Waals surface area contributed by atoms with Gasteiger partial charge in [0.1, 0.15) is 0 Å². The summed E-state index contributed by atoms with van der Waals surface area (Å²) >= 11 is 0. The normalized spacial score (nSPS) is 11.8. The molecule has 0 fully saturated rings. The Hall–Kier alpha value is -9.18. The summed E-state index contributed by atoms with van der Waals surface area (Å²) in [6.45, 7) is 0. The fourth-order valence-corrected chi connectivity index (χ4v) is 10.9. The fourth-order valence-electron chi connectivity index (χ4n) is 10.9. The van der Waals surface area contributed by atoms with E-state index in [0.717, 1.165) is 44.3 Å². The Balaban J connectivity index is 0.772. The zero-order valence-electron chi connectivity index (χ0n) is 37.5. The molecule has 0 aliphatic rings. The molecule has 0 radical (unpaired) electrons. The highest BCUT2D eigenvalue weighted by atomic mass is 15.0. The SMILES string of the molecule is c1cc(-c2ccc(-c3cnc4c5ccccc5c5ccccc5c4n3)cc2)cc(-c2cccc(-c3ccc4c(c3)c3ccccc3n4-c3ccc(-c4cc5ccccc5c5ccccc45)cc3)c2)c1. The van der Waals surface area contributed by atoms with E-state index in [1.807, 2.05) is 6.20 Å². The Morgan fingerprint density at radius 2 is 0.754 bits per heavy atom. The average Bonchev–Trinajstić information content (AvgIpc) is 3.76. The molecular formula is C66H41N3. The predicted octanol–water partition coefficient (Wildman–Crippen LogP) is 17.7. The molecule has 0 N–H and O–H groups in total. The largest absolute Gasteiger partial charge is 0.309 e. The van der Waals surface area contributed by atoms with Gasteiger partial charge in [-0.1, -0.05) is 194 Å². The van der Waals surface area contributed by atoms with Crippen LogP contribution < -0.4 is 0 Å². The van der Waals surface area contributed by atoms with Crippen LogP contribution in [0.2, 0.25) is 0 Å². The first kappa shape index (κ1) is 39.0. The Kier molecular flexibility index (Phi) is 8.90. The predicted molar refractivity (Wildman–Crippen MR) is 291 cm³/mol. The number of hydrogen-bond donors (Lipinski definition) is 0. The molecule has 0 bridgehead atoms. The van der Waals surface area contributed by atoms with Crippen LogP contribution >= 0.6 is 0 Å². The van der Waals surface area contributed by atoms with Gasteiger partial charge in [0.25, 0.3) is 0 Å². The summed E-state index contributed by atoms with van der Waals surface area (Å²) in [4.78, 5) is 10.2. The van der Waals surface area contributed by atoms with Gasteiger partial charge in [-0.2, -0.15) is 0 Å². The van der Waals surface area contributed by atoms with Crippen molar-refractivity contribution >= 4 is 75.9 Å². The van der Waals surface area contributed by atoms with Gasteiger partial charge >= 0.3 is 0 Å². The second kappa shape index (κ2) is 15.7. The van der Waals surface area contributed by atoms with E-state index in [1.165, 1.54) is 93.1 Å². The van der Waals surface area contributed by atoms with Crippen molar-refractivity contribution in [1.29, 1.82) is 0 Å². The highest BCUT2D eigenvalue weighted by Crippen LogP contribution is 2.40. The summed E-state index contributed by atoms with van der Waals surface area (Å²) in [5.74, 6) is 0. The molecular weight excluding hydrogens is 835 g/mol. The molecule has 3 nitrogen and oxygen atoms in total. The topological polar surface area (TPSA) is 30.7 Å². The molecule has 14 rings (SSSR count). The van der Waals surface area contributed by atoms with Gasteiger partial charge in [-0.15, -0.1) is 0 Å². The van der Waals surface area contributed by atoms with Crippen molar-refractivity contribution in [3.05, 3.63) is 249 Å². The third-order valence-electron chi connectivity index (χ3n) is 14.2. The average molecular weight is 876 g/mol. The van der Waals surface area contributed by atoms with Crippen LogP contribution in [-0.4, -0.2) is 14.5 Å². The minimum absolute atomic E-state index is 0.864. The lowest BCUT2D eigenvalue weighted by Gasteiger charge is -2.13. The zero-order valence-corrected chi connectivity index (χ0v) is 37.5. The molecule has 2 aromatic heterocycles. The van der Waals surface area contributed by atoms with Gasteiger partial charge < -0.3 is 4.57 Å². The molecule has 0 atom stereocenters. The van der Waals surface area contributed by atoms with E-state index in [2.05, 4.69) is 247 Å². The number of para-hydroxylation sites is 1. The molecule has 0 saturated heterocycles. The summed E-state index contributed by atoms with van der Waals surface area (Å²) in [5, 5.41) is 12.2. The molecule has 3 heteroatoms. The van der Waals surface area contributed by atoms with E-state index in [4.69, 9.17) is 9.97 Å². The van der Waals surface area contributed by atoms with E-state index in [-0.39, 0.29) is 0 Å². The minimum Gasteiger partial charge on any atom is -0.309 e. The lowest BCUT2D eigenvalue weighted by atomic mass is 9.93. The second-order valence-corrected chi connectivity index (χ2v) is 18.1. The van der Waals surface area contributed by atoms with Gasteiger partial charge in [-0.25, -0.2) is 4.98 Å². The second-order valence-electron chi connectivity index (χ2n) is 18.1. The zero-order chi connectivity index (χ0) is 45.4. The summed E-state index contributed by atoms with van der Waals surface area (Å²) in [6.07, 6.45) is 1.91. The summed E-state index contributed by atoms with van der Waals surface area (Å²) in [5.41, 5.74) is 16.8. The lowest BCUT2D eigenvalue weighted by molar-refractivity contribution is 1.18. The maximum Gasteiger partial charge on any atom is 0.0979 e. The van der Waals surface area contributed by atoms with E-state index in [9.17, 15) is 0 Å². The van der Waals surface area contributed by atoms with Crippen molar-refractivity contribution in [3.63, 3.8) is 0 Å². The Bertz CT molecular complexity index is 4320. The molecule has 2 heterocycles. The van der Waals surface area contributed by atoms with Gasteiger partial charge in [0.05, 0.1) is 34.0 Å². The van der Waals surface area contributed by atoms with Crippen LogP contribution in [-0.2, 0) is 0 Å². The van der Waals surface area contributed by atoms with Gasteiger partial charge in [-0.05, 0) is 125 Å². The Morgan fingerprint density at radius 3 is 1.43 bits per heavy atom. The number of nitrogens with zero attached hydrogens (tertiary/aromatic N) is 3. The monoisotopic (exact) mass is 875 g/mol. The molecule has 69 heavy (non-hydrogen) atoms. The van der Waals surface area contributed by atoms with Gasteiger partial charge in [-0.3, -0.25) is 4.98 Å². The van der Waals surface area contributed by atoms with Gasteiger partial charge in [0.15, 0.2) is 0 Å². The van der Waals surface area contributed by atoms with Crippen LogP contribution in [0.4, 0.5) is 0 Å². The lowest BCUT2D eigenvalue weighted by Crippen LogP contribution is -1.94. The van der Waals surface area contributed by atoms with Crippen molar-refractivity contribution in [2.45, 2.75) is 0 Å². The molecule has 0 spiro atoms. The van der Waals surface area contributed by atoms with Crippen LogP contribution in [0.1, 0.15) is 0 Å². The van der Waals surface area contributed by atoms with Crippen LogP contribution in [0.5, 0.6) is 0 Å². The molecule has 0 saturated carbocycles. The first-order valence-corrected chi connectivity index (χ1v) is 23.6. The molecule has 0 aliphatic carbocycles. The van der Waals surface area contributed by atoms with Crippen molar-refractivity contribution < 1.29 is 0 Å². The van der Waals surface area contributed by atoms with Crippen molar-refractivity contribution in [1.82, 2.24) is 14.5 Å². The maximum atomic E-state index is 5.22. The first-order valence-electron chi connectivity index (χ1n) is 23.6. The number of benzene rings is 12. The summed E-state index contributed by atoms with van der Waals surface area (Å²) in [7, 11) is 0. The van der Waals surface area contributed by atoms with E-state index >= 15 is 0 Å². The van der Waals surface area contributed by atoms with Crippen LogP contribution in [0.15, 0.2) is 249 Å². The smallest absolute Gasteiger partial charge is 0.0979 e. The third-order valence-corrected chi connectivity index (χ3v) is 14.2. The number of fused-ring (bicyclic) bond motifs is 12. The summed E-state index contributed by atoms with van der Waals surface area (Å²) < 4.78 is 2.41. The molecule has 0 amide bonds. The van der Waals surface area contributed by atoms with Gasteiger partial charge in [0, 0.05) is 32.8 Å². The van der Waals surface area contributed by atoms with E-state index < -0.39 is 0 Å². The molecule has 320 valence electrons. The van der Waals surface area contributed by atoms with E-state index in [1.54, 1.807) is 0 Å². The standard InChI is InChI=1S/C66H41N3/c1-2-18-52-50(13-1)40-60(56-22-4-3-19-53(52)56)43-31-34-51(35-32-43)69-63-26-10-9-23-57(63)61-39-49(33-36-64(61)69)48-17-12-16-47(38-48)46-15-11-14-45(37-46)42-27-29-44(30-28-42)62-41-67-65-58-24-7-5-20-54(58)55-21-6-8-25-59(55)66(65)68-62/h1-41H. The van der Waals surface area contributed by atoms with Crippen LogP contribution in [0.25, 0.3) is 137 Å². The number of rotatable bonds is 6. The minimum atomic E-state index is 0.864. The first-order chi connectivity index (χ1) is 34.2. The molecule has 14 aromatic rings. The number of hydrogen-bond acceptors (Lipinski definition) is 2. The Morgan fingerprint density at radius 1 is 0.275 bits per heavy atom. The van der Waals surface area contributed by atoms with Crippen molar-refractivity contribution in [2.75, 3.05) is 0 Å². The highest BCUT2D eigenvalue weighted by Gasteiger charge is 2.16. The van der Waals surface area contributed by atoms with Crippen LogP contribution in [0, 0.1) is 0 Å². The third kappa shape index (κ3) is 6.43. The quantitative estimate of drug-likeness (QED) is 0.156. The van der Waals surface area contributed by atoms with Gasteiger partial charge in [0.2, 0.25) is 0 Å². The number of aromatic nitrogens is 3. The maximum absolute atomic E-state index is 5.22. The molecule has 0 unspecified atom stereocenters. The molecule has 12 aromatic carbocycles. The van der Waals surface area contributed by atoms with E-state index in [0.29, 0.717) is 0 Å². The molecule has 0 aliphatic heterocycles.